The quantitative estimate of drug-likeness (QED) is 0.887. The second kappa shape index (κ2) is 5.48. The van der Waals surface area contributed by atoms with E-state index in [2.05, 4.69) is 4.90 Å². The molecule has 0 aromatic heterocycles. The van der Waals surface area contributed by atoms with Crippen molar-refractivity contribution < 1.29 is 9.53 Å². The first-order chi connectivity index (χ1) is 10.0. The number of benzene rings is 1. The average molecular weight is 310 g/mol. The number of halogens is 1. The maximum absolute atomic E-state index is 11.5. The van der Waals surface area contributed by atoms with Gasteiger partial charge in [-0.1, -0.05) is 11.6 Å². The summed E-state index contributed by atoms with van der Waals surface area (Å²) in [6.45, 7) is 2.10. The summed E-state index contributed by atoms with van der Waals surface area (Å²) in [6.07, 6.45) is 2.24. The number of primary amides is 1. The van der Waals surface area contributed by atoms with Gasteiger partial charge in [-0.25, -0.2) is 0 Å². The molecule has 1 aromatic carbocycles. The third-order valence-corrected chi connectivity index (χ3v) is 5.14. The molecule has 21 heavy (non-hydrogen) atoms. The van der Waals surface area contributed by atoms with Crippen molar-refractivity contribution in [1.29, 1.82) is 0 Å². The zero-order chi connectivity index (χ0) is 15.1. The summed E-state index contributed by atoms with van der Waals surface area (Å²) >= 11 is 6.40. The third kappa shape index (κ3) is 2.39. The smallest absolute Gasteiger partial charge is 0.252 e. The van der Waals surface area contributed by atoms with Crippen LogP contribution in [0.3, 0.4) is 0 Å². The number of rotatable bonds is 3. The first-order valence-electron chi connectivity index (χ1n) is 7.19. The van der Waals surface area contributed by atoms with Gasteiger partial charge in [0.1, 0.15) is 5.75 Å². The van der Waals surface area contributed by atoms with Gasteiger partial charge in [-0.2, -0.15) is 0 Å². The standard InChI is InChI=1S/C15H20ClN3O2/c1-21-12-7-9(11(16)6-10(12)15(18)20)13-8-2-4-19(5-3-8)14(13)17/h6-8,13-14H,2-5,17H2,1H3,(H2,18,20). The van der Waals surface area contributed by atoms with Crippen LogP contribution in [0.15, 0.2) is 12.1 Å². The van der Waals surface area contributed by atoms with Crippen LogP contribution in [0.4, 0.5) is 0 Å². The molecule has 2 bridgehead atoms. The van der Waals surface area contributed by atoms with Crippen molar-refractivity contribution in [1.82, 2.24) is 4.90 Å². The number of piperidine rings is 3. The molecule has 0 radical (unpaired) electrons. The monoisotopic (exact) mass is 309 g/mol. The fraction of sp³-hybridized carbons (Fsp3) is 0.533. The Morgan fingerprint density at radius 1 is 1.38 bits per heavy atom. The minimum atomic E-state index is -0.543. The summed E-state index contributed by atoms with van der Waals surface area (Å²) < 4.78 is 5.29. The lowest BCUT2D eigenvalue weighted by molar-refractivity contribution is 0.0287. The van der Waals surface area contributed by atoms with Crippen molar-refractivity contribution in [3.63, 3.8) is 0 Å². The van der Waals surface area contributed by atoms with Crippen LogP contribution in [0.2, 0.25) is 5.02 Å². The lowest BCUT2D eigenvalue weighted by Gasteiger charge is -2.49. The van der Waals surface area contributed by atoms with E-state index < -0.39 is 5.91 Å². The summed E-state index contributed by atoms with van der Waals surface area (Å²) in [7, 11) is 1.52. The minimum Gasteiger partial charge on any atom is -0.496 e. The van der Waals surface area contributed by atoms with Crippen LogP contribution in [-0.4, -0.2) is 37.2 Å². The topological polar surface area (TPSA) is 81.6 Å². The van der Waals surface area contributed by atoms with Crippen molar-refractivity contribution in [3.05, 3.63) is 28.3 Å². The van der Waals surface area contributed by atoms with Crippen LogP contribution in [0, 0.1) is 5.92 Å². The normalized spacial score (nSPS) is 31.2. The first kappa shape index (κ1) is 14.6. The minimum absolute atomic E-state index is 0.0286. The fourth-order valence-electron chi connectivity index (χ4n) is 3.71. The largest absolute Gasteiger partial charge is 0.496 e. The Labute approximate surface area is 129 Å². The Morgan fingerprint density at radius 2 is 2.05 bits per heavy atom. The molecule has 3 heterocycles. The van der Waals surface area contributed by atoms with Gasteiger partial charge in [0.2, 0.25) is 0 Å². The van der Waals surface area contributed by atoms with E-state index in [9.17, 15) is 4.79 Å². The van der Waals surface area contributed by atoms with E-state index in [1.54, 1.807) is 6.07 Å². The average Bonchev–Trinajstić information content (AvgIpc) is 2.48. The molecule has 3 aliphatic rings. The number of amides is 1. The van der Waals surface area contributed by atoms with Gasteiger partial charge in [0.15, 0.2) is 0 Å². The Bertz CT molecular complexity index is 568. The van der Waals surface area contributed by atoms with Gasteiger partial charge in [-0.15, -0.1) is 0 Å². The summed E-state index contributed by atoms with van der Waals surface area (Å²) in [6, 6.07) is 3.43. The van der Waals surface area contributed by atoms with Gasteiger partial charge in [0, 0.05) is 10.9 Å². The third-order valence-electron chi connectivity index (χ3n) is 4.82. The number of hydrogen-bond donors (Lipinski definition) is 2. The lowest BCUT2D eigenvalue weighted by Crippen LogP contribution is -2.57. The summed E-state index contributed by atoms with van der Waals surface area (Å²) in [4.78, 5) is 13.8. The molecule has 0 aliphatic carbocycles. The molecule has 2 unspecified atom stereocenters. The molecule has 3 saturated heterocycles. The SMILES string of the molecule is COc1cc(C2C3CCN(CC3)C2N)c(Cl)cc1C(N)=O. The Morgan fingerprint density at radius 3 is 2.57 bits per heavy atom. The zero-order valence-corrected chi connectivity index (χ0v) is 12.8. The molecule has 2 atom stereocenters. The van der Waals surface area contributed by atoms with Crippen LogP contribution < -0.4 is 16.2 Å². The molecule has 4 N–H and O–H groups in total. The van der Waals surface area contributed by atoms with Gasteiger partial charge in [0.25, 0.3) is 5.91 Å². The molecule has 1 aromatic rings. The number of fused-ring (bicyclic) bond motifs is 3. The van der Waals surface area contributed by atoms with E-state index in [4.69, 9.17) is 27.8 Å². The number of hydrogen-bond acceptors (Lipinski definition) is 4. The predicted octanol–water partition coefficient (Wildman–Crippen LogP) is 1.54. The van der Waals surface area contributed by atoms with Crippen LogP contribution in [-0.2, 0) is 0 Å². The number of methoxy groups -OCH3 is 1. The highest BCUT2D eigenvalue weighted by molar-refractivity contribution is 6.32. The summed E-state index contributed by atoms with van der Waals surface area (Å²) in [5.74, 6) is 0.631. The van der Waals surface area contributed by atoms with Crippen molar-refractivity contribution in [2.45, 2.75) is 24.9 Å². The first-order valence-corrected chi connectivity index (χ1v) is 7.57. The molecule has 0 saturated carbocycles. The molecule has 0 spiro atoms. The Kier molecular flexibility index (Phi) is 3.82. The van der Waals surface area contributed by atoms with E-state index in [1.807, 2.05) is 6.07 Å². The number of carbonyl (C=O) groups excluding carboxylic acids is 1. The van der Waals surface area contributed by atoms with E-state index in [-0.39, 0.29) is 12.1 Å². The highest BCUT2D eigenvalue weighted by Crippen LogP contribution is 2.45. The number of nitrogens with two attached hydrogens (primary N) is 2. The number of carbonyl (C=O) groups is 1. The Hall–Kier alpha value is -1.30. The van der Waals surface area contributed by atoms with Crippen LogP contribution in [0.1, 0.15) is 34.7 Å². The highest BCUT2D eigenvalue weighted by Gasteiger charge is 2.42. The molecular weight excluding hydrogens is 290 g/mol. The maximum Gasteiger partial charge on any atom is 0.252 e. The molecule has 3 aliphatic heterocycles. The van der Waals surface area contributed by atoms with Gasteiger partial charge in [-0.05, 0) is 49.5 Å². The zero-order valence-electron chi connectivity index (χ0n) is 12.0. The van der Waals surface area contributed by atoms with Gasteiger partial charge >= 0.3 is 0 Å². The van der Waals surface area contributed by atoms with E-state index in [1.165, 1.54) is 7.11 Å². The predicted molar refractivity (Wildman–Crippen MR) is 81.5 cm³/mol. The van der Waals surface area contributed by atoms with Gasteiger partial charge < -0.3 is 16.2 Å². The summed E-state index contributed by atoms with van der Waals surface area (Å²) in [5, 5.41) is 0.541. The molecule has 1 amide bonds. The molecule has 5 nitrogen and oxygen atoms in total. The van der Waals surface area contributed by atoms with Crippen LogP contribution >= 0.6 is 11.6 Å². The molecule has 4 rings (SSSR count). The summed E-state index contributed by atoms with van der Waals surface area (Å²) in [5.41, 5.74) is 13.0. The van der Waals surface area contributed by atoms with Crippen molar-refractivity contribution in [2.24, 2.45) is 17.4 Å². The molecule has 6 heteroatoms. The molecular formula is C15H20ClN3O2. The van der Waals surface area contributed by atoms with Crippen LogP contribution in [0.5, 0.6) is 5.75 Å². The Balaban J connectivity index is 2.04. The molecule has 114 valence electrons. The van der Waals surface area contributed by atoms with E-state index in [0.717, 1.165) is 31.5 Å². The second-order valence-corrected chi connectivity index (χ2v) is 6.24. The lowest BCUT2D eigenvalue weighted by atomic mass is 9.73. The van der Waals surface area contributed by atoms with E-state index in [0.29, 0.717) is 22.3 Å². The fourth-order valence-corrected chi connectivity index (χ4v) is 4.00. The van der Waals surface area contributed by atoms with Gasteiger partial charge in [0.05, 0.1) is 18.8 Å². The maximum atomic E-state index is 11.5. The second-order valence-electron chi connectivity index (χ2n) is 5.83. The van der Waals surface area contributed by atoms with Crippen molar-refractivity contribution in [2.75, 3.05) is 20.2 Å². The van der Waals surface area contributed by atoms with Crippen molar-refractivity contribution >= 4 is 17.5 Å². The van der Waals surface area contributed by atoms with Crippen LogP contribution in [0.25, 0.3) is 0 Å². The highest BCUT2D eigenvalue weighted by atomic mass is 35.5. The van der Waals surface area contributed by atoms with Gasteiger partial charge in [-0.3, -0.25) is 9.69 Å². The number of ether oxygens (including phenoxy) is 1. The van der Waals surface area contributed by atoms with E-state index >= 15 is 0 Å². The number of nitrogens with zero attached hydrogens (tertiary/aromatic N) is 1. The van der Waals surface area contributed by atoms with Crippen molar-refractivity contribution in [3.8, 4) is 5.75 Å². The molecule has 3 fully saturated rings.